The molecule has 31 heavy (non-hydrogen) atoms. The molecule has 1 aliphatic heterocycles. The molecule has 0 aromatic heterocycles. The van der Waals surface area contributed by atoms with E-state index in [2.05, 4.69) is 23.3 Å². The molecule has 1 saturated heterocycles. The number of aliphatic carboxylic acids is 2. The van der Waals surface area contributed by atoms with Crippen molar-refractivity contribution in [2.24, 2.45) is 11.7 Å². The van der Waals surface area contributed by atoms with Crippen molar-refractivity contribution in [3.8, 4) is 0 Å². The molecule has 0 saturated carbocycles. The predicted octanol–water partition coefficient (Wildman–Crippen LogP) is -0.800. The number of amides is 3. The number of thiol groups is 1. The van der Waals surface area contributed by atoms with E-state index in [1.54, 1.807) is 6.92 Å². The summed E-state index contributed by atoms with van der Waals surface area (Å²) in [6.45, 7) is 3.89. The maximum Gasteiger partial charge on any atom is 0.327 e. The van der Waals surface area contributed by atoms with Gasteiger partial charge in [0.25, 0.3) is 0 Å². The Bertz CT molecular complexity index is 690. The van der Waals surface area contributed by atoms with Crippen LogP contribution < -0.4 is 16.4 Å². The van der Waals surface area contributed by atoms with Gasteiger partial charge in [-0.2, -0.15) is 12.6 Å². The summed E-state index contributed by atoms with van der Waals surface area (Å²) in [6, 6.07) is -4.05. The van der Waals surface area contributed by atoms with Crippen molar-refractivity contribution in [3.05, 3.63) is 0 Å². The minimum atomic E-state index is -1.24. The van der Waals surface area contributed by atoms with Gasteiger partial charge in [0.05, 0.1) is 6.04 Å². The van der Waals surface area contributed by atoms with Gasteiger partial charge in [0.15, 0.2) is 0 Å². The zero-order valence-corrected chi connectivity index (χ0v) is 18.6. The van der Waals surface area contributed by atoms with Crippen molar-refractivity contribution in [3.63, 3.8) is 0 Å². The lowest BCUT2D eigenvalue weighted by molar-refractivity contribution is -0.143. The van der Waals surface area contributed by atoms with Crippen LogP contribution in [0.4, 0.5) is 0 Å². The normalized spacial score (nSPS) is 19.7. The van der Waals surface area contributed by atoms with E-state index in [9.17, 15) is 24.0 Å². The second-order valence-electron chi connectivity index (χ2n) is 7.68. The topological polar surface area (TPSA) is 179 Å². The lowest BCUT2D eigenvalue weighted by Crippen LogP contribution is -2.58. The van der Waals surface area contributed by atoms with Crippen molar-refractivity contribution >= 4 is 42.3 Å². The van der Waals surface area contributed by atoms with E-state index in [1.807, 2.05) is 6.92 Å². The highest BCUT2D eigenvalue weighted by Crippen LogP contribution is 2.20. The number of carbonyl (C=O) groups is 5. The van der Waals surface area contributed by atoms with Crippen LogP contribution in [0.1, 0.15) is 46.0 Å². The van der Waals surface area contributed by atoms with E-state index in [4.69, 9.17) is 15.9 Å². The Morgan fingerprint density at radius 3 is 2.35 bits per heavy atom. The highest BCUT2D eigenvalue weighted by Gasteiger charge is 2.38. The first-order valence-corrected chi connectivity index (χ1v) is 10.9. The summed E-state index contributed by atoms with van der Waals surface area (Å²) >= 11 is 3.92. The summed E-state index contributed by atoms with van der Waals surface area (Å²) < 4.78 is 0. The number of likely N-dealkylation sites (tertiary alicyclic amines) is 1. The SMILES string of the molecule is CCC(C)C(NC(=O)C1CCCN1C(=O)C(N)CCC(=O)O)C(=O)NC(CS)C(=O)O. The minimum absolute atomic E-state index is 0.0444. The van der Waals surface area contributed by atoms with Crippen LogP contribution in [-0.4, -0.2) is 81.2 Å². The molecule has 176 valence electrons. The number of carboxylic acids is 2. The minimum Gasteiger partial charge on any atom is -0.481 e. The number of carbonyl (C=O) groups excluding carboxylic acids is 3. The van der Waals surface area contributed by atoms with Gasteiger partial charge in [-0.25, -0.2) is 4.79 Å². The van der Waals surface area contributed by atoms with Gasteiger partial charge < -0.3 is 31.5 Å². The molecule has 0 aliphatic carbocycles. The van der Waals surface area contributed by atoms with Crippen molar-refractivity contribution in [2.75, 3.05) is 12.3 Å². The lowest BCUT2D eigenvalue weighted by atomic mass is 9.97. The highest BCUT2D eigenvalue weighted by molar-refractivity contribution is 7.80. The Hall–Kier alpha value is -2.34. The van der Waals surface area contributed by atoms with Crippen LogP contribution in [0.25, 0.3) is 0 Å². The third-order valence-corrected chi connectivity index (χ3v) is 5.78. The summed E-state index contributed by atoms with van der Waals surface area (Å²) in [4.78, 5) is 61.4. The van der Waals surface area contributed by atoms with E-state index in [-0.39, 0.29) is 24.5 Å². The predicted molar refractivity (Wildman–Crippen MR) is 114 cm³/mol. The second kappa shape index (κ2) is 12.5. The molecule has 0 bridgehead atoms. The standard InChI is InChI=1S/C19H32N4O7S/c1-3-10(2)15(17(27)21-12(9-31)19(29)30)22-16(26)13-5-4-8-23(13)18(28)11(20)6-7-14(24)25/h10-13,15,31H,3-9,20H2,1-2H3,(H,21,27)(H,22,26)(H,24,25)(H,29,30). The van der Waals surface area contributed by atoms with Crippen molar-refractivity contribution in [1.82, 2.24) is 15.5 Å². The maximum absolute atomic E-state index is 12.9. The number of hydrogen-bond donors (Lipinski definition) is 6. The van der Waals surface area contributed by atoms with E-state index >= 15 is 0 Å². The summed E-state index contributed by atoms with van der Waals surface area (Å²) in [6.07, 6.45) is 1.19. The number of nitrogens with zero attached hydrogens (tertiary/aromatic N) is 1. The van der Waals surface area contributed by atoms with Crippen LogP contribution in [0.3, 0.4) is 0 Å². The molecular formula is C19H32N4O7S. The van der Waals surface area contributed by atoms with E-state index < -0.39 is 53.8 Å². The molecule has 5 unspecified atom stereocenters. The summed E-state index contributed by atoms with van der Waals surface area (Å²) in [5.41, 5.74) is 5.81. The number of carboxylic acid groups (broad SMARTS) is 2. The molecule has 0 radical (unpaired) electrons. The smallest absolute Gasteiger partial charge is 0.327 e. The fourth-order valence-corrected chi connectivity index (χ4v) is 3.56. The van der Waals surface area contributed by atoms with Gasteiger partial charge in [-0.1, -0.05) is 20.3 Å². The van der Waals surface area contributed by atoms with Gasteiger partial charge in [-0.3, -0.25) is 19.2 Å². The summed E-state index contributed by atoms with van der Waals surface area (Å²) in [5.74, 6) is -4.39. The molecule has 0 aromatic rings. The first kappa shape index (κ1) is 26.7. The van der Waals surface area contributed by atoms with Crippen molar-refractivity contribution in [2.45, 2.75) is 70.1 Å². The molecule has 6 N–H and O–H groups in total. The van der Waals surface area contributed by atoms with Crippen LogP contribution >= 0.6 is 12.6 Å². The summed E-state index contributed by atoms with van der Waals surface area (Å²) in [5, 5.41) is 22.9. The molecule has 0 aromatic carbocycles. The van der Waals surface area contributed by atoms with E-state index in [0.717, 1.165) is 0 Å². The van der Waals surface area contributed by atoms with Gasteiger partial charge in [-0.05, 0) is 25.2 Å². The van der Waals surface area contributed by atoms with Gasteiger partial charge in [0.1, 0.15) is 18.1 Å². The fraction of sp³-hybridized carbons (Fsp3) is 0.737. The van der Waals surface area contributed by atoms with Crippen LogP contribution in [0.15, 0.2) is 0 Å². The summed E-state index contributed by atoms with van der Waals surface area (Å²) in [7, 11) is 0. The molecule has 3 amide bonds. The van der Waals surface area contributed by atoms with Gasteiger partial charge in [0.2, 0.25) is 17.7 Å². The first-order valence-electron chi connectivity index (χ1n) is 10.3. The van der Waals surface area contributed by atoms with Gasteiger partial charge >= 0.3 is 11.9 Å². The largest absolute Gasteiger partial charge is 0.481 e. The van der Waals surface area contributed by atoms with Gasteiger partial charge in [-0.15, -0.1) is 0 Å². The second-order valence-corrected chi connectivity index (χ2v) is 8.05. The third kappa shape index (κ3) is 7.69. The average Bonchev–Trinajstić information content (AvgIpc) is 3.22. The Balaban J connectivity index is 2.89. The Labute approximate surface area is 186 Å². The number of hydrogen-bond acceptors (Lipinski definition) is 7. The number of rotatable bonds is 12. The van der Waals surface area contributed by atoms with Crippen LogP contribution in [0.5, 0.6) is 0 Å². The average molecular weight is 461 g/mol. The zero-order chi connectivity index (χ0) is 23.7. The number of nitrogens with one attached hydrogen (secondary N) is 2. The Morgan fingerprint density at radius 2 is 1.84 bits per heavy atom. The molecule has 5 atom stereocenters. The van der Waals surface area contributed by atoms with Crippen LogP contribution in [0, 0.1) is 5.92 Å². The third-order valence-electron chi connectivity index (χ3n) is 5.42. The van der Waals surface area contributed by atoms with Crippen molar-refractivity contribution in [1.29, 1.82) is 0 Å². The molecular weight excluding hydrogens is 428 g/mol. The maximum atomic E-state index is 12.9. The van der Waals surface area contributed by atoms with Crippen LogP contribution in [0.2, 0.25) is 0 Å². The Morgan fingerprint density at radius 1 is 1.19 bits per heavy atom. The fourth-order valence-electron chi connectivity index (χ4n) is 3.32. The van der Waals surface area contributed by atoms with Gasteiger partial charge in [0, 0.05) is 18.7 Å². The molecule has 1 aliphatic rings. The molecule has 1 heterocycles. The zero-order valence-electron chi connectivity index (χ0n) is 17.7. The quantitative estimate of drug-likeness (QED) is 0.205. The number of nitrogens with two attached hydrogens (primary N) is 1. The Kier molecular flexibility index (Phi) is 10.8. The molecule has 0 spiro atoms. The lowest BCUT2D eigenvalue weighted by Gasteiger charge is -2.30. The van der Waals surface area contributed by atoms with Crippen LogP contribution in [-0.2, 0) is 24.0 Å². The molecule has 12 heteroatoms. The van der Waals surface area contributed by atoms with E-state index in [0.29, 0.717) is 25.8 Å². The van der Waals surface area contributed by atoms with E-state index in [1.165, 1.54) is 4.90 Å². The molecule has 11 nitrogen and oxygen atoms in total. The monoisotopic (exact) mass is 460 g/mol. The molecule has 1 fully saturated rings. The van der Waals surface area contributed by atoms with Crippen molar-refractivity contribution < 1.29 is 34.2 Å². The molecule has 1 rings (SSSR count). The first-order chi connectivity index (χ1) is 14.5. The highest BCUT2D eigenvalue weighted by atomic mass is 32.1.